The predicted octanol–water partition coefficient (Wildman–Crippen LogP) is 5.48. The molecule has 0 aromatic carbocycles. The van der Waals surface area contributed by atoms with E-state index in [2.05, 4.69) is 20.8 Å². The minimum Gasteiger partial charge on any atom is -0.0710 e. The normalized spacial score (nSPS) is 28.3. The largest absolute Gasteiger partial charge is 0.0710 e. The lowest BCUT2D eigenvalue weighted by atomic mass is 9.70. The van der Waals surface area contributed by atoms with Crippen molar-refractivity contribution < 1.29 is 0 Å². The Morgan fingerprint density at radius 3 is 1.75 bits per heavy atom. The molecular formula is C16H28. The van der Waals surface area contributed by atoms with E-state index < -0.39 is 0 Å². The first-order valence-electron chi connectivity index (χ1n) is 7.27. The van der Waals surface area contributed by atoms with Crippen LogP contribution in [0.2, 0.25) is 0 Å². The van der Waals surface area contributed by atoms with Crippen LogP contribution in [0.25, 0.3) is 0 Å². The van der Waals surface area contributed by atoms with Crippen LogP contribution in [0.5, 0.6) is 0 Å². The molecule has 2 saturated carbocycles. The number of hydrogen-bond donors (Lipinski definition) is 0. The van der Waals surface area contributed by atoms with Crippen LogP contribution in [-0.4, -0.2) is 0 Å². The maximum Gasteiger partial charge on any atom is -0.0315 e. The Balaban J connectivity index is 1.94. The summed E-state index contributed by atoms with van der Waals surface area (Å²) in [6.45, 7) is 7.24. The Labute approximate surface area is 102 Å². The molecule has 0 N–H and O–H groups in total. The van der Waals surface area contributed by atoms with Gasteiger partial charge in [-0.3, -0.25) is 0 Å². The summed E-state index contributed by atoms with van der Waals surface area (Å²) >= 11 is 0. The first-order valence-corrected chi connectivity index (χ1v) is 7.27. The van der Waals surface area contributed by atoms with Crippen LogP contribution in [0, 0.1) is 11.3 Å². The summed E-state index contributed by atoms with van der Waals surface area (Å²) in [5.74, 6) is 0.959. The lowest BCUT2D eigenvalue weighted by Gasteiger charge is -2.36. The average molecular weight is 220 g/mol. The molecule has 2 rings (SSSR count). The average Bonchev–Trinajstić information content (AvgIpc) is 2.29. The molecule has 92 valence electrons. The van der Waals surface area contributed by atoms with Gasteiger partial charge in [0.05, 0.1) is 0 Å². The molecule has 0 amide bonds. The summed E-state index contributed by atoms with van der Waals surface area (Å²) in [5.41, 5.74) is 4.25. The molecule has 0 bridgehead atoms. The van der Waals surface area contributed by atoms with Crippen LogP contribution >= 0.6 is 0 Å². The van der Waals surface area contributed by atoms with Crippen LogP contribution in [0.4, 0.5) is 0 Å². The summed E-state index contributed by atoms with van der Waals surface area (Å²) in [6, 6.07) is 0. The predicted molar refractivity (Wildman–Crippen MR) is 71.5 cm³/mol. The van der Waals surface area contributed by atoms with Crippen LogP contribution in [0.1, 0.15) is 78.6 Å². The number of hydrogen-bond acceptors (Lipinski definition) is 0. The summed E-state index contributed by atoms with van der Waals surface area (Å²) in [4.78, 5) is 0. The Morgan fingerprint density at radius 1 is 0.750 bits per heavy atom. The highest BCUT2D eigenvalue weighted by Gasteiger charge is 2.28. The second kappa shape index (κ2) is 4.94. The molecule has 0 atom stereocenters. The van der Waals surface area contributed by atoms with Gasteiger partial charge in [-0.15, -0.1) is 0 Å². The molecule has 0 radical (unpaired) electrons. The van der Waals surface area contributed by atoms with E-state index in [-0.39, 0.29) is 0 Å². The van der Waals surface area contributed by atoms with Crippen molar-refractivity contribution in [1.82, 2.24) is 0 Å². The number of rotatable bonds is 0. The molecule has 0 aromatic rings. The fourth-order valence-corrected chi connectivity index (χ4v) is 3.52. The van der Waals surface area contributed by atoms with E-state index in [1.54, 1.807) is 0 Å². The fourth-order valence-electron chi connectivity index (χ4n) is 3.52. The van der Waals surface area contributed by atoms with E-state index >= 15 is 0 Å². The highest BCUT2D eigenvalue weighted by atomic mass is 14.3. The highest BCUT2D eigenvalue weighted by Crippen LogP contribution is 2.42. The van der Waals surface area contributed by atoms with Crippen molar-refractivity contribution in [3.63, 3.8) is 0 Å². The second-order valence-electron chi connectivity index (χ2n) is 6.91. The van der Waals surface area contributed by atoms with E-state index in [9.17, 15) is 0 Å². The molecule has 2 aliphatic rings. The maximum absolute atomic E-state index is 2.41. The van der Waals surface area contributed by atoms with E-state index in [0.29, 0.717) is 5.41 Å². The molecule has 0 aromatic heterocycles. The SMILES string of the molecule is CC(C)(C)C1CCC(=C2CCCCC2)CC1. The molecule has 2 fully saturated rings. The third-order valence-electron chi connectivity index (χ3n) is 4.77. The van der Waals surface area contributed by atoms with Crippen LogP contribution in [-0.2, 0) is 0 Å². The van der Waals surface area contributed by atoms with Crippen molar-refractivity contribution in [1.29, 1.82) is 0 Å². The Kier molecular flexibility index (Phi) is 3.77. The van der Waals surface area contributed by atoms with Gasteiger partial charge in [-0.1, -0.05) is 38.3 Å². The highest BCUT2D eigenvalue weighted by molar-refractivity contribution is 5.17. The molecule has 0 unspecified atom stereocenters. The zero-order valence-electron chi connectivity index (χ0n) is 11.4. The van der Waals surface area contributed by atoms with E-state index in [1.165, 1.54) is 57.8 Å². The van der Waals surface area contributed by atoms with Gasteiger partial charge in [0.2, 0.25) is 0 Å². The molecule has 2 aliphatic carbocycles. The van der Waals surface area contributed by atoms with Crippen molar-refractivity contribution in [3.05, 3.63) is 11.1 Å². The number of allylic oxidation sites excluding steroid dienone is 2. The van der Waals surface area contributed by atoms with Gasteiger partial charge in [-0.2, -0.15) is 0 Å². The molecule has 0 heteroatoms. The Bertz CT molecular complexity index is 246. The van der Waals surface area contributed by atoms with Crippen LogP contribution < -0.4 is 0 Å². The molecule has 16 heavy (non-hydrogen) atoms. The van der Waals surface area contributed by atoms with Crippen LogP contribution in [0.15, 0.2) is 11.1 Å². The first kappa shape index (κ1) is 12.2. The third kappa shape index (κ3) is 2.90. The van der Waals surface area contributed by atoms with Crippen molar-refractivity contribution in [2.24, 2.45) is 11.3 Å². The zero-order valence-corrected chi connectivity index (χ0v) is 11.4. The molecule has 0 aliphatic heterocycles. The van der Waals surface area contributed by atoms with Crippen molar-refractivity contribution in [3.8, 4) is 0 Å². The van der Waals surface area contributed by atoms with Gasteiger partial charge in [-0.25, -0.2) is 0 Å². The topological polar surface area (TPSA) is 0 Å². The van der Waals surface area contributed by atoms with Gasteiger partial charge in [0.15, 0.2) is 0 Å². The first-order chi connectivity index (χ1) is 7.57. The third-order valence-corrected chi connectivity index (χ3v) is 4.77. The summed E-state index contributed by atoms with van der Waals surface area (Å²) < 4.78 is 0. The van der Waals surface area contributed by atoms with Crippen molar-refractivity contribution in [2.75, 3.05) is 0 Å². The maximum atomic E-state index is 2.41. The van der Waals surface area contributed by atoms with E-state index in [4.69, 9.17) is 0 Å². The van der Waals surface area contributed by atoms with Crippen molar-refractivity contribution in [2.45, 2.75) is 78.6 Å². The van der Waals surface area contributed by atoms with Gasteiger partial charge in [0.25, 0.3) is 0 Å². The lowest BCUT2D eigenvalue weighted by molar-refractivity contribution is 0.196. The molecule has 0 saturated heterocycles. The Morgan fingerprint density at radius 2 is 1.25 bits per heavy atom. The summed E-state index contributed by atoms with van der Waals surface area (Å²) in [5, 5.41) is 0. The summed E-state index contributed by atoms with van der Waals surface area (Å²) in [6.07, 6.45) is 13.0. The van der Waals surface area contributed by atoms with E-state index in [0.717, 1.165) is 5.92 Å². The molecular weight excluding hydrogens is 192 g/mol. The fraction of sp³-hybridized carbons (Fsp3) is 0.875. The zero-order chi connectivity index (χ0) is 11.6. The van der Waals surface area contributed by atoms with Gasteiger partial charge >= 0.3 is 0 Å². The van der Waals surface area contributed by atoms with Gasteiger partial charge in [-0.05, 0) is 62.7 Å². The molecule has 0 heterocycles. The summed E-state index contributed by atoms with van der Waals surface area (Å²) in [7, 11) is 0. The smallest absolute Gasteiger partial charge is 0.0315 e. The van der Waals surface area contributed by atoms with E-state index in [1.807, 2.05) is 11.1 Å². The van der Waals surface area contributed by atoms with Gasteiger partial charge < -0.3 is 0 Å². The minimum atomic E-state index is 0.531. The monoisotopic (exact) mass is 220 g/mol. The Hall–Kier alpha value is -0.260. The minimum absolute atomic E-state index is 0.531. The molecule has 0 nitrogen and oxygen atoms in total. The van der Waals surface area contributed by atoms with Gasteiger partial charge in [0, 0.05) is 0 Å². The van der Waals surface area contributed by atoms with Crippen LogP contribution in [0.3, 0.4) is 0 Å². The quantitative estimate of drug-likeness (QED) is 0.474. The van der Waals surface area contributed by atoms with Gasteiger partial charge in [0.1, 0.15) is 0 Å². The van der Waals surface area contributed by atoms with Crippen molar-refractivity contribution >= 4 is 0 Å². The molecule has 0 spiro atoms. The second-order valence-corrected chi connectivity index (χ2v) is 6.91. The standard InChI is InChI=1S/C16H28/c1-16(2,3)15-11-9-14(10-12-15)13-7-5-4-6-8-13/h15H,4-12H2,1-3H3. The lowest BCUT2D eigenvalue weighted by Crippen LogP contribution is -2.23.